The quantitative estimate of drug-likeness (QED) is 0.567. The van der Waals surface area contributed by atoms with E-state index >= 15 is 0 Å². The lowest BCUT2D eigenvalue weighted by Crippen LogP contribution is -2.42. The van der Waals surface area contributed by atoms with Crippen molar-refractivity contribution >= 4 is 18.0 Å². The Morgan fingerprint density at radius 2 is 1.83 bits per heavy atom. The molecule has 156 valence electrons. The van der Waals surface area contributed by atoms with E-state index in [-0.39, 0.29) is 6.42 Å². The Morgan fingerprint density at radius 1 is 1.14 bits per heavy atom. The SMILES string of the molecule is COC(=O)[C@]12CCN(C(=O)OC(C)(C)C)C1=CC[C@@H](OC(=O)c1ccccc1)C2. The van der Waals surface area contributed by atoms with Crippen LogP contribution in [0.2, 0.25) is 0 Å². The van der Waals surface area contributed by atoms with Crippen LogP contribution in [0, 0.1) is 5.41 Å². The Hall–Kier alpha value is -2.83. The van der Waals surface area contributed by atoms with E-state index in [0.717, 1.165) is 0 Å². The lowest BCUT2D eigenvalue weighted by molar-refractivity contribution is -0.152. The number of rotatable bonds is 3. The van der Waals surface area contributed by atoms with Gasteiger partial charge in [0, 0.05) is 25.1 Å². The standard InChI is InChI=1S/C22H27NO6/c1-21(2,3)29-20(26)23-13-12-22(19(25)27-4)14-16(10-11-17(22)23)28-18(24)15-8-6-5-7-9-15/h5-9,11,16H,10,12-14H2,1-4H3/t16-,22+/m1/s1. The topological polar surface area (TPSA) is 82.1 Å². The van der Waals surface area contributed by atoms with Crippen molar-refractivity contribution < 1.29 is 28.6 Å². The van der Waals surface area contributed by atoms with Gasteiger partial charge in [0.25, 0.3) is 0 Å². The zero-order valence-corrected chi connectivity index (χ0v) is 17.3. The van der Waals surface area contributed by atoms with Crippen LogP contribution < -0.4 is 0 Å². The molecule has 0 saturated carbocycles. The molecular formula is C22H27NO6. The van der Waals surface area contributed by atoms with Crippen molar-refractivity contribution in [2.75, 3.05) is 13.7 Å². The minimum Gasteiger partial charge on any atom is -0.468 e. The summed E-state index contributed by atoms with van der Waals surface area (Å²) in [6.45, 7) is 5.73. The molecule has 7 heteroatoms. The highest BCUT2D eigenvalue weighted by atomic mass is 16.6. The first kappa shape index (κ1) is 20.9. The van der Waals surface area contributed by atoms with Crippen LogP contribution in [0.5, 0.6) is 0 Å². The molecule has 1 aliphatic carbocycles. The van der Waals surface area contributed by atoms with Crippen LogP contribution >= 0.6 is 0 Å². The largest absolute Gasteiger partial charge is 0.468 e. The van der Waals surface area contributed by atoms with E-state index in [1.54, 1.807) is 51.1 Å². The highest BCUT2D eigenvalue weighted by molar-refractivity contribution is 5.89. The van der Waals surface area contributed by atoms with E-state index in [9.17, 15) is 14.4 Å². The van der Waals surface area contributed by atoms with E-state index in [4.69, 9.17) is 14.2 Å². The van der Waals surface area contributed by atoms with Gasteiger partial charge in [-0.15, -0.1) is 0 Å². The monoisotopic (exact) mass is 401 g/mol. The maximum absolute atomic E-state index is 12.7. The van der Waals surface area contributed by atoms with Crippen molar-refractivity contribution in [2.45, 2.75) is 51.7 Å². The summed E-state index contributed by atoms with van der Waals surface area (Å²) in [6.07, 6.45) is 1.89. The first-order valence-electron chi connectivity index (χ1n) is 9.72. The Bertz CT molecular complexity index is 825. The van der Waals surface area contributed by atoms with Gasteiger partial charge >= 0.3 is 18.0 Å². The molecule has 1 saturated heterocycles. The summed E-state index contributed by atoms with van der Waals surface area (Å²) in [5.41, 5.74) is -0.635. The predicted octanol–water partition coefficient (Wildman–Crippen LogP) is 3.69. The minimum absolute atomic E-state index is 0.267. The van der Waals surface area contributed by atoms with Crippen LogP contribution in [-0.2, 0) is 19.0 Å². The van der Waals surface area contributed by atoms with E-state index in [2.05, 4.69) is 0 Å². The Kier molecular flexibility index (Phi) is 5.68. The van der Waals surface area contributed by atoms with E-state index < -0.39 is 35.2 Å². The summed E-state index contributed by atoms with van der Waals surface area (Å²) < 4.78 is 16.2. The first-order valence-corrected chi connectivity index (χ1v) is 9.72. The third-order valence-corrected chi connectivity index (χ3v) is 5.17. The highest BCUT2D eigenvalue weighted by Gasteiger charge is 2.55. The molecule has 0 unspecified atom stereocenters. The highest BCUT2D eigenvalue weighted by Crippen LogP contribution is 2.49. The number of fused-ring (bicyclic) bond motifs is 1. The molecule has 1 aromatic carbocycles. The summed E-state index contributed by atoms with van der Waals surface area (Å²) in [5, 5.41) is 0. The molecule has 3 rings (SSSR count). The molecule has 7 nitrogen and oxygen atoms in total. The molecule has 1 aliphatic heterocycles. The van der Waals surface area contributed by atoms with Crippen molar-refractivity contribution in [3.63, 3.8) is 0 Å². The Labute approximate surface area is 170 Å². The zero-order valence-electron chi connectivity index (χ0n) is 17.3. The lowest BCUT2D eigenvalue weighted by Gasteiger charge is -2.36. The molecule has 0 aromatic heterocycles. The fraction of sp³-hybridized carbons (Fsp3) is 0.500. The number of esters is 2. The van der Waals surface area contributed by atoms with Crippen LogP contribution in [0.15, 0.2) is 42.1 Å². The average Bonchev–Trinajstić information content (AvgIpc) is 3.07. The third-order valence-electron chi connectivity index (χ3n) is 5.17. The molecule has 0 radical (unpaired) electrons. The third kappa shape index (κ3) is 4.28. The van der Waals surface area contributed by atoms with E-state index in [1.165, 1.54) is 12.0 Å². The number of hydrogen-bond acceptors (Lipinski definition) is 6. The number of nitrogens with zero attached hydrogens (tertiary/aromatic N) is 1. The number of benzene rings is 1. The van der Waals surface area contributed by atoms with Gasteiger partial charge in [0.2, 0.25) is 0 Å². The van der Waals surface area contributed by atoms with Gasteiger partial charge in [-0.3, -0.25) is 9.69 Å². The average molecular weight is 401 g/mol. The molecular weight excluding hydrogens is 374 g/mol. The molecule has 1 fully saturated rings. The summed E-state index contributed by atoms with van der Waals surface area (Å²) in [5.74, 6) is -0.871. The van der Waals surface area contributed by atoms with Crippen LogP contribution in [0.1, 0.15) is 50.4 Å². The number of amides is 1. The molecule has 2 aliphatic rings. The van der Waals surface area contributed by atoms with Crippen LogP contribution in [0.25, 0.3) is 0 Å². The summed E-state index contributed by atoms with van der Waals surface area (Å²) >= 11 is 0. The molecule has 0 bridgehead atoms. The molecule has 29 heavy (non-hydrogen) atoms. The van der Waals surface area contributed by atoms with E-state index in [0.29, 0.717) is 30.6 Å². The van der Waals surface area contributed by atoms with Crippen molar-refractivity contribution in [2.24, 2.45) is 5.41 Å². The van der Waals surface area contributed by atoms with Crippen LogP contribution in [0.4, 0.5) is 4.79 Å². The second-order valence-corrected chi connectivity index (χ2v) is 8.38. The molecule has 0 spiro atoms. The number of likely N-dealkylation sites (tertiary alicyclic amines) is 1. The molecule has 2 atom stereocenters. The van der Waals surface area contributed by atoms with Gasteiger partial charge in [-0.1, -0.05) is 24.3 Å². The second-order valence-electron chi connectivity index (χ2n) is 8.38. The van der Waals surface area contributed by atoms with Crippen molar-refractivity contribution in [1.29, 1.82) is 0 Å². The van der Waals surface area contributed by atoms with Gasteiger partial charge in [0.05, 0.1) is 12.7 Å². The fourth-order valence-corrected chi connectivity index (χ4v) is 3.91. The lowest BCUT2D eigenvalue weighted by atomic mass is 9.74. The van der Waals surface area contributed by atoms with E-state index in [1.807, 2.05) is 6.07 Å². The molecule has 1 amide bonds. The Balaban J connectivity index is 1.82. The minimum atomic E-state index is -1.02. The normalized spacial score (nSPS) is 23.7. The summed E-state index contributed by atoms with van der Waals surface area (Å²) in [6, 6.07) is 8.72. The van der Waals surface area contributed by atoms with Crippen molar-refractivity contribution in [3.05, 3.63) is 47.7 Å². The second kappa shape index (κ2) is 7.89. The van der Waals surface area contributed by atoms with Gasteiger partial charge in [0.1, 0.15) is 17.1 Å². The smallest absolute Gasteiger partial charge is 0.414 e. The van der Waals surface area contributed by atoms with Crippen molar-refractivity contribution in [1.82, 2.24) is 4.90 Å². The number of ether oxygens (including phenoxy) is 3. The molecule has 0 N–H and O–H groups in total. The van der Waals surface area contributed by atoms with Gasteiger partial charge in [-0.2, -0.15) is 0 Å². The summed E-state index contributed by atoms with van der Waals surface area (Å²) in [4.78, 5) is 39.3. The number of hydrogen-bond donors (Lipinski definition) is 0. The molecule has 1 aromatic rings. The van der Waals surface area contributed by atoms with Gasteiger partial charge in [0.15, 0.2) is 0 Å². The predicted molar refractivity (Wildman–Crippen MR) is 105 cm³/mol. The maximum atomic E-state index is 12.7. The van der Waals surface area contributed by atoms with Gasteiger partial charge in [-0.25, -0.2) is 9.59 Å². The molecule has 1 heterocycles. The first-order chi connectivity index (χ1) is 13.7. The van der Waals surface area contributed by atoms with Crippen molar-refractivity contribution in [3.8, 4) is 0 Å². The van der Waals surface area contributed by atoms with Crippen LogP contribution in [0.3, 0.4) is 0 Å². The fourth-order valence-electron chi connectivity index (χ4n) is 3.91. The number of carbonyl (C=O) groups excluding carboxylic acids is 3. The zero-order chi connectivity index (χ0) is 21.2. The van der Waals surface area contributed by atoms with Gasteiger partial charge in [-0.05, 0) is 39.3 Å². The number of methoxy groups -OCH3 is 1. The summed E-state index contributed by atoms with van der Waals surface area (Å²) in [7, 11) is 1.32. The van der Waals surface area contributed by atoms with Gasteiger partial charge < -0.3 is 14.2 Å². The number of carbonyl (C=O) groups is 3. The Morgan fingerprint density at radius 3 is 2.45 bits per heavy atom. The van der Waals surface area contributed by atoms with Crippen LogP contribution in [-0.4, -0.2) is 48.3 Å². The maximum Gasteiger partial charge on any atom is 0.414 e.